The fourth-order valence-electron chi connectivity index (χ4n) is 4.89. The Bertz CT molecular complexity index is 342. The van der Waals surface area contributed by atoms with E-state index in [1.165, 1.54) is 0 Å². The van der Waals surface area contributed by atoms with Gasteiger partial charge in [0.2, 0.25) is 0 Å². The summed E-state index contributed by atoms with van der Waals surface area (Å²) in [6.07, 6.45) is 0. The Morgan fingerprint density at radius 1 is 0.667 bits per heavy atom. The molecule has 0 unspecified atom stereocenters. The molecule has 86 valence electrons. The van der Waals surface area contributed by atoms with Gasteiger partial charge in [-0.05, 0) is 16.2 Å². The molecule has 0 aromatic carbocycles. The van der Waals surface area contributed by atoms with Gasteiger partial charge in [-0.25, -0.2) is 0 Å². The number of Topliss-reactive ketones (excluding diaryl/α,β-unsaturated/α-hetero) is 1. The highest BCUT2D eigenvalue weighted by Crippen LogP contribution is 2.92. The number of ketones is 1. The summed E-state index contributed by atoms with van der Waals surface area (Å²) in [5.74, 6) is 0.481. The molecule has 2 aliphatic rings. The minimum atomic E-state index is -0.155. The van der Waals surface area contributed by atoms with Crippen LogP contribution in [0.4, 0.5) is 0 Å². The number of hydrogen-bond acceptors (Lipinski definition) is 1. The van der Waals surface area contributed by atoms with Gasteiger partial charge in [0.1, 0.15) is 5.78 Å². The SMILES string of the molecule is CC1(C)C(=O)C2(C1(C)C)C(C)(C)C2(C)C. The summed E-state index contributed by atoms with van der Waals surface area (Å²) < 4.78 is 0. The van der Waals surface area contributed by atoms with E-state index in [1.807, 2.05) is 0 Å². The molecule has 0 heterocycles. The van der Waals surface area contributed by atoms with Crippen LogP contribution in [0.15, 0.2) is 0 Å². The van der Waals surface area contributed by atoms with Gasteiger partial charge in [0.15, 0.2) is 0 Å². The molecular formula is C14H24O. The first-order valence-electron chi connectivity index (χ1n) is 5.95. The molecule has 0 bridgehead atoms. The first-order valence-corrected chi connectivity index (χ1v) is 5.95. The average Bonchev–Trinajstić information content (AvgIpc) is 2.39. The lowest BCUT2D eigenvalue weighted by Gasteiger charge is -2.60. The monoisotopic (exact) mass is 208 g/mol. The van der Waals surface area contributed by atoms with E-state index in [2.05, 4.69) is 55.4 Å². The maximum absolute atomic E-state index is 12.5. The molecule has 1 heteroatoms. The molecule has 0 aliphatic heterocycles. The quantitative estimate of drug-likeness (QED) is 0.593. The minimum Gasteiger partial charge on any atom is -0.298 e. The molecule has 0 N–H and O–H groups in total. The van der Waals surface area contributed by atoms with Gasteiger partial charge in [-0.3, -0.25) is 4.79 Å². The van der Waals surface area contributed by atoms with Crippen molar-refractivity contribution in [1.29, 1.82) is 0 Å². The second-order valence-electron chi connectivity index (χ2n) is 7.58. The van der Waals surface area contributed by atoms with E-state index in [4.69, 9.17) is 0 Å². The molecule has 0 saturated heterocycles. The summed E-state index contributed by atoms with van der Waals surface area (Å²) in [6, 6.07) is 0. The lowest BCUT2D eigenvalue weighted by Crippen LogP contribution is -2.65. The normalized spacial score (nSPS) is 36.1. The number of carbonyl (C=O) groups is 1. The van der Waals surface area contributed by atoms with Crippen molar-refractivity contribution in [2.45, 2.75) is 55.4 Å². The van der Waals surface area contributed by atoms with E-state index in [0.29, 0.717) is 5.78 Å². The second-order valence-corrected chi connectivity index (χ2v) is 7.58. The molecule has 2 aliphatic carbocycles. The van der Waals surface area contributed by atoms with Gasteiger partial charge in [-0.15, -0.1) is 0 Å². The molecule has 0 aromatic heterocycles. The van der Waals surface area contributed by atoms with Crippen LogP contribution >= 0.6 is 0 Å². The zero-order valence-electron chi connectivity index (χ0n) is 11.4. The van der Waals surface area contributed by atoms with Crippen LogP contribution in [0.3, 0.4) is 0 Å². The fourth-order valence-corrected chi connectivity index (χ4v) is 4.89. The fraction of sp³-hybridized carbons (Fsp3) is 0.929. The van der Waals surface area contributed by atoms with Crippen molar-refractivity contribution in [1.82, 2.24) is 0 Å². The van der Waals surface area contributed by atoms with Crippen molar-refractivity contribution >= 4 is 5.78 Å². The number of hydrogen-bond donors (Lipinski definition) is 0. The Hall–Kier alpha value is -0.330. The van der Waals surface area contributed by atoms with Gasteiger partial charge in [-0.1, -0.05) is 55.4 Å². The van der Waals surface area contributed by atoms with E-state index in [1.54, 1.807) is 0 Å². The zero-order valence-corrected chi connectivity index (χ0v) is 11.4. The van der Waals surface area contributed by atoms with Crippen molar-refractivity contribution < 1.29 is 4.79 Å². The van der Waals surface area contributed by atoms with Gasteiger partial charge >= 0.3 is 0 Å². The van der Waals surface area contributed by atoms with Gasteiger partial charge in [0, 0.05) is 10.8 Å². The van der Waals surface area contributed by atoms with Crippen LogP contribution in [-0.2, 0) is 4.79 Å². The summed E-state index contributed by atoms with van der Waals surface area (Å²) in [5, 5.41) is 0. The molecular weight excluding hydrogens is 184 g/mol. The van der Waals surface area contributed by atoms with E-state index in [0.717, 1.165) is 0 Å². The van der Waals surface area contributed by atoms with Crippen molar-refractivity contribution in [2.75, 3.05) is 0 Å². The summed E-state index contributed by atoms with van der Waals surface area (Å²) >= 11 is 0. The first kappa shape index (κ1) is 11.2. The topological polar surface area (TPSA) is 17.1 Å². The van der Waals surface area contributed by atoms with Crippen LogP contribution in [-0.4, -0.2) is 5.78 Å². The Morgan fingerprint density at radius 3 is 1.13 bits per heavy atom. The molecule has 1 spiro atoms. The molecule has 0 aromatic rings. The van der Waals surface area contributed by atoms with Gasteiger partial charge in [0.25, 0.3) is 0 Å². The van der Waals surface area contributed by atoms with Crippen LogP contribution in [0, 0.1) is 27.1 Å². The molecule has 1 nitrogen and oxygen atoms in total. The van der Waals surface area contributed by atoms with E-state index < -0.39 is 0 Å². The summed E-state index contributed by atoms with van der Waals surface area (Å²) in [6.45, 7) is 17.7. The van der Waals surface area contributed by atoms with Crippen LogP contribution in [0.25, 0.3) is 0 Å². The lowest BCUT2D eigenvalue weighted by atomic mass is 9.40. The minimum absolute atomic E-state index is 0.0868. The summed E-state index contributed by atoms with van der Waals surface area (Å²) in [7, 11) is 0. The van der Waals surface area contributed by atoms with Gasteiger partial charge in [0.05, 0.1) is 0 Å². The number of rotatable bonds is 0. The molecule has 2 fully saturated rings. The molecule has 15 heavy (non-hydrogen) atoms. The smallest absolute Gasteiger partial charge is 0.146 e. The third-order valence-electron chi connectivity index (χ3n) is 6.78. The predicted octanol–water partition coefficient (Wildman–Crippen LogP) is 3.67. The van der Waals surface area contributed by atoms with E-state index in [-0.39, 0.29) is 27.1 Å². The van der Waals surface area contributed by atoms with E-state index >= 15 is 0 Å². The van der Waals surface area contributed by atoms with Crippen LogP contribution in [0.5, 0.6) is 0 Å². The Kier molecular flexibility index (Phi) is 1.53. The van der Waals surface area contributed by atoms with Crippen LogP contribution < -0.4 is 0 Å². The highest BCUT2D eigenvalue weighted by Gasteiger charge is 2.93. The molecule has 0 radical (unpaired) electrons. The largest absolute Gasteiger partial charge is 0.298 e. The van der Waals surface area contributed by atoms with E-state index in [9.17, 15) is 4.79 Å². The van der Waals surface area contributed by atoms with Gasteiger partial charge < -0.3 is 0 Å². The Morgan fingerprint density at radius 2 is 1.00 bits per heavy atom. The maximum Gasteiger partial charge on any atom is 0.146 e. The molecule has 2 rings (SSSR count). The molecule has 2 saturated carbocycles. The standard InChI is InChI=1S/C14H24O/c1-10(2)9(15)14(11(10,3)4)12(5,6)13(14,7)8/h1-8H3. The average molecular weight is 208 g/mol. The van der Waals surface area contributed by atoms with Crippen molar-refractivity contribution in [3.05, 3.63) is 0 Å². The van der Waals surface area contributed by atoms with Crippen molar-refractivity contribution in [2.24, 2.45) is 27.1 Å². The highest BCUT2D eigenvalue weighted by molar-refractivity contribution is 6.03. The predicted molar refractivity (Wildman–Crippen MR) is 62.6 cm³/mol. The number of carbonyl (C=O) groups excluding carboxylic acids is 1. The van der Waals surface area contributed by atoms with Crippen molar-refractivity contribution in [3.63, 3.8) is 0 Å². The zero-order chi connectivity index (χ0) is 12.1. The van der Waals surface area contributed by atoms with Gasteiger partial charge in [-0.2, -0.15) is 0 Å². The molecule has 0 amide bonds. The summed E-state index contributed by atoms with van der Waals surface area (Å²) in [5.41, 5.74) is 0.171. The third kappa shape index (κ3) is 0.623. The Labute approximate surface area is 93.6 Å². The molecule has 0 atom stereocenters. The first-order chi connectivity index (χ1) is 6.40. The maximum atomic E-state index is 12.5. The summed E-state index contributed by atoms with van der Waals surface area (Å²) in [4.78, 5) is 12.5. The highest BCUT2D eigenvalue weighted by atomic mass is 16.1. The van der Waals surface area contributed by atoms with Crippen LogP contribution in [0.1, 0.15) is 55.4 Å². The van der Waals surface area contributed by atoms with Crippen LogP contribution in [0.2, 0.25) is 0 Å². The second kappa shape index (κ2) is 2.06. The lowest BCUT2D eigenvalue weighted by molar-refractivity contribution is -0.180. The Balaban J connectivity index is 2.58. The van der Waals surface area contributed by atoms with Crippen molar-refractivity contribution in [3.8, 4) is 0 Å². The third-order valence-corrected chi connectivity index (χ3v) is 6.78.